The third kappa shape index (κ3) is 2.18. The van der Waals surface area contributed by atoms with E-state index in [2.05, 4.69) is 6.07 Å². The van der Waals surface area contributed by atoms with Gasteiger partial charge in [-0.1, -0.05) is 24.3 Å². The number of imide groups is 1. The quantitative estimate of drug-likeness (QED) is 0.807. The van der Waals surface area contributed by atoms with Gasteiger partial charge in [-0.05, 0) is 31.9 Å². The van der Waals surface area contributed by atoms with E-state index in [1.165, 1.54) is 4.90 Å². The smallest absolute Gasteiger partial charge is 0.306 e. The largest absolute Gasteiger partial charge is 0.481 e. The summed E-state index contributed by atoms with van der Waals surface area (Å²) in [5, 5.41) is 20.1. The van der Waals surface area contributed by atoms with Crippen molar-refractivity contribution in [3.05, 3.63) is 42.0 Å². The van der Waals surface area contributed by atoms with Crippen LogP contribution in [-0.4, -0.2) is 34.1 Å². The monoisotopic (exact) mass is 390 g/mol. The Labute approximate surface area is 166 Å². The summed E-state index contributed by atoms with van der Waals surface area (Å²) in [6.07, 6.45) is 0.686. The summed E-state index contributed by atoms with van der Waals surface area (Å²) >= 11 is 0. The number of benzene rings is 2. The van der Waals surface area contributed by atoms with Gasteiger partial charge in [-0.2, -0.15) is 5.26 Å². The van der Waals surface area contributed by atoms with Crippen LogP contribution in [0, 0.1) is 23.2 Å². The molecule has 0 saturated carbocycles. The minimum Gasteiger partial charge on any atom is -0.481 e. The number of carbonyl (C=O) groups is 3. The van der Waals surface area contributed by atoms with Crippen LogP contribution in [0.25, 0.3) is 10.8 Å². The maximum Gasteiger partial charge on any atom is 0.306 e. The summed E-state index contributed by atoms with van der Waals surface area (Å²) in [5.41, 5.74) is -1.10. The van der Waals surface area contributed by atoms with E-state index in [1.807, 2.05) is 0 Å². The summed E-state index contributed by atoms with van der Waals surface area (Å²) in [4.78, 5) is 39.6. The molecule has 3 saturated heterocycles. The van der Waals surface area contributed by atoms with E-state index in [0.29, 0.717) is 34.9 Å². The van der Waals surface area contributed by atoms with Crippen molar-refractivity contribution < 1.29 is 24.2 Å². The molecule has 2 bridgehead atoms. The van der Waals surface area contributed by atoms with E-state index >= 15 is 0 Å². The van der Waals surface area contributed by atoms with Gasteiger partial charge in [0, 0.05) is 10.8 Å². The van der Waals surface area contributed by atoms with Crippen molar-refractivity contribution in [1.82, 2.24) is 0 Å². The molecule has 3 aliphatic heterocycles. The first-order chi connectivity index (χ1) is 13.8. The molecule has 146 valence electrons. The zero-order chi connectivity index (χ0) is 20.6. The number of rotatable bonds is 3. The van der Waals surface area contributed by atoms with Gasteiger partial charge in [0.05, 0.1) is 46.8 Å². The summed E-state index contributed by atoms with van der Waals surface area (Å²) in [7, 11) is 0. The molecule has 3 fully saturated rings. The van der Waals surface area contributed by atoms with E-state index < -0.39 is 34.9 Å². The molecular formula is C22H18N2O5. The van der Waals surface area contributed by atoms with Crippen molar-refractivity contribution in [2.24, 2.45) is 11.8 Å². The van der Waals surface area contributed by atoms with Crippen LogP contribution in [0.4, 0.5) is 5.69 Å². The highest BCUT2D eigenvalue weighted by Crippen LogP contribution is 2.62. The van der Waals surface area contributed by atoms with Gasteiger partial charge in [-0.3, -0.25) is 14.4 Å². The number of carboxylic acids is 1. The number of ether oxygens (including phenoxy) is 1. The maximum absolute atomic E-state index is 13.5. The lowest BCUT2D eigenvalue weighted by Crippen LogP contribution is -2.43. The first-order valence-corrected chi connectivity index (χ1v) is 9.53. The average molecular weight is 390 g/mol. The third-order valence-corrected chi connectivity index (χ3v) is 6.72. The molecular weight excluding hydrogens is 372 g/mol. The van der Waals surface area contributed by atoms with Gasteiger partial charge in [0.25, 0.3) is 0 Å². The number of nitriles is 1. The standard InChI is InChI=1S/C22H18N2O5/c1-21-8-9-22(29-21,10-16(25)26)18-17(21)19(27)24(20(18)28)15-7-6-12(11-23)13-4-2-3-5-14(13)15/h2-7,17-18H,8-10H2,1H3,(H,25,26)/t17-,18+,21-,22?/m1/s1. The van der Waals surface area contributed by atoms with Crippen LogP contribution in [0.1, 0.15) is 31.7 Å². The molecule has 3 heterocycles. The zero-order valence-electron chi connectivity index (χ0n) is 15.7. The number of nitrogens with zero attached hydrogens (tertiary/aromatic N) is 2. The Bertz CT molecular complexity index is 1150. The number of carboxylic acid groups (broad SMARTS) is 1. The number of hydrogen-bond donors (Lipinski definition) is 1. The number of hydrogen-bond acceptors (Lipinski definition) is 5. The van der Waals surface area contributed by atoms with E-state index in [0.717, 1.165) is 0 Å². The van der Waals surface area contributed by atoms with Crippen LogP contribution in [0.2, 0.25) is 0 Å². The first kappa shape index (κ1) is 17.8. The molecule has 5 rings (SSSR count). The zero-order valence-corrected chi connectivity index (χ0v) is 15.7. The molecule has 7 heteroatoms. The van der Waals surface area contributed by atoms with Crippen LogP contribution >= 0.6 is 0 Å². The summed E-state index contributed by atoms with van der Waals surface area (Å²) < 4.78 is 6.08. The minimum atomic E-state index is -1.14. The normalized spacial score (nSPS) is 32.6. The summed E-state index contributed by atoms with van der Waals surface area (Å²) in [6.45, 7) is 1.80. The highest BCUT2D eigenvalue weighted by molar-refractivity contribution is 6.26. The number of amides is 2. The summed E-state index contributed by atoms with van der Waals surface area (Å²) in [5.74, 6) is -3.32. The van der Waals surface area contributed by atoms with Gasteiger partial charge in [-0.25, -0.2) is 4.90 Å². The molecule has 3 aliphatic rings. The predicted molar refractivity (Wildman–Crippen MR) is 102 cm³/mol. The molecule has 29 heavy (non-hydrogen) atoms. The van der Waals surface area contributed by atoms with Gasteiger partial charge in [-0.15, -0.1) is 0 Å². The van der Waals surface area contributed by atoms with Gasteiger partial charge in [0.1, 0.15) is 0 Å². The Morgan fingerprint density at radius 1 is 1.17 bits per heavy atom. The number of carbonyl (C=O) groups excluding carboxylic acids is 2. The lowest BCUT2D eigenvalue weighted by atomic mass is 9.67. The van der Waals surface area contributed by atoms with Gasteiger partial charge < -0.3 is 9.84 Å². The van der Waals surface area contributed by atoms with Crippen molar-refractivity contribution in [3.8, 4) is 6.07 Å². The Hall–Kier alpha value is -3.24. The van der Waals surface area contributed by atoms with E-state index in [-0.39, 0.29) is 12.3 Å². The molecule has 1 N–H and O–H groups in total. The Morgan fingerprint density at radius 2 is 1.86 bits per heavy atom. The molecule has 0 aromatic heterocycles. The fraction of sp³-hybridized carbons (Fsp3) is 0.364. The number of aliphatic carboxylic acids is 1. The van der Waals surface area contributed by atoms with Crippen LogP contribution in [-0.2, 0) is 19.1 Å². The number of fused-ring (bicyclic) bond motifs is 6. The van der Waals surface area contributed by atoms with Gasteiger partial charge in [0.2, 0.25) is 11.8 Å². The van der Waals surface area contributed by atoms with Crippen LogP contribution in [0.5, 0.6) is 0 Å². The lowest BCUT2D eigenvalue weighted by molar-refractivity contribution is -0.147. The van der Waals surface area contributed by atoms with E-state index in [1.54, 1.807) is 43.3 Å². The molecule has 2 aromatic rings. The van der Waals surface area contributed by atoms with Crippen molar-refractivity contribution >= 4 is 34.2 Å². The van der Waals surface area contributed by atoms with E-state index in [9.17, 15) is 24.8 Å². The maximum atomic E-state index is 13.5. The molecule has 7 nitrogen and oxygen atoms in total. The third-order valence-electron chi connectivity index (χ3n) is 6.72. The van der Waals surface area contributed by atoms with Crippen LogP contribution in [0.3, 0.4) is 0 Å². The van der Waals surface area contributed by atoms with Crippen LogP contribution in [0.15, 0.2) is 36.4 Å². The molecule has 2 amide bonds. The minimum absolute atomic E-state index is 0.301. The highest BCUT2D eigenvalue weighted by atomic mass is 16.5. The molecule has 0 radical (unpaired) electrons. The van der Waals surface area contributed by atoms with Crippen molar-refractivity contribution in [2.75, 3.05) is 4.90 Å². The molecule has 0 spiro atoms. The highest BCUT2D eigenvalue weighted by Gasteiger charge is 2.74. The SMILES string of the molecule is C[C@]12CCC(CC(=O)O)(O1)[C@@H]1C(=O)N(c3ccc(C#N)c4ccccc34)C(=O)[C@@H]12. The second-order valence-corrected chi connectivity index (χ2v) is 8.31. The second kappa shape index (κ2) is 5.65. The lowest BCUT2D eigenvalue weighted by Gasteiger charge is -2.29. The van der Waals surface area contributed by atoms with E-state index in [4.69, 9.17) is 4.74 Å². The first-order valence-electron chi connectivity index (χ1n) is 9.53. The van der Waals surface area contributed by atoms with Crippen molar-refractivity contribution in [1.29, 1.82) is 5.26 Å². The van der Waals surface area contributed by atoms with Gasteiger partial charge >= 0.3 is 5.97 Å². The fourth-order valence-electron chi connectivity index (χ4n) is 5.58. The van der Waals surface area contributed by atoms with Crippen LogP contribution < -0.4 is 4.90 Å². The predicted octanol–water partition coefficient (Wildman–Crippen LogP) is 2.61. The Kier molecular flexibility index (Phi) is 3.47. The molecule has 1 unspecified atom stereocenters. The fourth-order valence-corrected chi connectivity index (χ4v) is 5.58. The molecule has 0 aliphatic carbocycles. The van der Waals surface area contributed by atoms with Crippen molar-refractivity contribution in [2.45, 2.75) is 37.4 Å². The average Bonchev–Trinajstić information content (AvgIpc) is 3.25. The Morgan fingerprint density at radius 3 is 2.55 bits per heavy atom. The number of anilines is 1. The molecule has 2 aromatic carbocycles. The summed E-state index contributed by atoms with van der Waals surface area (Å²) in [6, 6.07) is 12.5. The molecule has 4 atom stereocenters. The van der Waals surface area contributed by atoms with Gasteiger partial charge in [0.15, 0.2) is 0 Å². The Balaban J connectivity index is 1.66. The second-order valence-electron chi connectivity index (χ2n) is 8.31. The van der Waals surface area contributed by atoms with Crippen molar-refractivity contribution in [3.63, 3.8) is 0 Å². The topological polar surface area (TPSA) is 108 Å².